The van der Waals surface area contributed by atoms with Gasteiger partial charge >= 0.3 is 0 Å². The van der Waals surface area contributed by atoms with Gasteiger partial charge in [0.25, 0.3) is 0 Å². The lowest BCUT2D eigenvalue weighted by Gasteiger charge is -2.33. The Labute approximate surface area is 91.4 Å². The number of rotatable bonds is 1. The zero-order valence-electron chi connectivity index (χ0n) is 9.19. The van der Waals surface area contributed by atoms with Crippen molar-refractivity contribution in [1.29, 1.82) is 0 Å². The summed E-state index contributed by atoms with van der Waals surface area (Å²) in [6.45, 7) is 2.15. The smallest absolute Gasteiger partial charge is 0.0477 e. The van der Waals surface area contributed by atoms with E-state index in [1.54, 1.807) is 0 Å². The Kier molecular flexibility index (Phi) is 2.05. The summed E-state index contributed by atoms with van der Waals surface area (Å²) in [7, 11) is 0. The molecule has 15 heavy (non-hydrogen) atoms. The van der Waals surface area contributed by atoms with E-state index < -0.39 is 0 Å². The fourth-order valence-electron chi connectivity index (χ4n) is 2.84. The van der Waals surface area contributed by atoms with Crippen LogP contribution in [0.3, 0.4) is 0 Å². The van der Waals surface area contributed by atoms with E-state index in [2.05, 4.69) is 48.2 Å². The summed E-state index contributed by atoms with van der Waals surface area (Å²) in [6, 6.07) is 10.4. The number of benzene rings is 1. The standard InChI is InChI=1S/C14H17N/c1-11-5-7-14(8-6-11)15-12-3-2-4-13(15)10-9-12/h2-3,5-8,12-13H,4,9-10H2,1H3. The predicted octanol–water partition coefficient (Wildman–Crippen LogP) is 3.29. The first kappa shape index (κ1) is 9.02. The van der Waals surface area contributed by atoms with Gasteiger partial charge in [-0.15, -0.1) is 0 Å². The Balaban J connectivity index is 1.94. The lowest BCUT2D eigenvalue weighted by Crippen LogP contribution is -2.37. The largest absolute Gasteiger partial charge is 0.362 e. The molecule has 1 saturated heterocycles. The van der Waals surface area contributed by atoms with Crippen LogP contribution in [-0.4, -0.2) is 12.1 Å². The maximum absolute atomic E-state index is 2.60. The van der Waals surface area contributed by atoms with Crippen molar-refractivity contribution < 1.29 is 0 Å². The first-order valence-electron chi connectivity index (χ1n) is 5.86. The van der Waals surface area contributed by atoms with Crippen LogP contribution >= 0.6 is 0 Å². The highest BCUT2D eigenvalue weighted by molar-refractivity contribution is 5.52. The molecule has 1 fully saturated rings. The van der Waals surface area contributed by atoms with E-state index in [0.717, 1.165) is 6.04 Å². The van der Waals surface area contributed by atoms with E-state index in [4.69, 9.17) is 0 Å². The second-order valence-corrected chi connectivity index (χ2v) is 4.71. The number of hydrogen-bond acceptors (Lipinski definition) is 1. The molecule has 0 amide bonds. The SMILES string of the molecule is Cc1ccc(N2C3C=CCC2CC3)cc1. The summed E-state index contributed by atoms with van der Waals surface area (Å²) < 4.78 is 0. The highest BCUT2D eigenvalue weighted by Gasteiger charge is 2.33. The molecule has 0 aromatic heterocycles. The van der Waals surface area contributed by atoms with Crippen molar-refractivity contribution in [2.75, 3.05) is 4.90 Å². The van der Waals surface area contributed by atoms with Crippen LogP contribution in [0.5, 0.6) is 0 Å². The Morgan fingerprint density at radius 1 is 1.13 bits per heavy atom. The van der Waals surface area contributed by atoms with Crippen molar-refractivity contribution in [3.8, 4) is 0 Å². The number of hydrogen-bond donors (Lipinski definition) is 0. The average Bonchev–Trinajstić information content (AvgIpc) is 2.51. The molecule has 2 heterocycles. The predicted molar refractivity (Wildman–Crippen MR) is 64.2 cm³/mol. The van der Waals surface area contributed by atoms with Crippen molar-refractivity contribution in [3.05, 3.63) is 42.0 Å². The maximum Gasteiger partial charge on any atom is 0.0477 e. The molecule has 0 spiro atoms. The van der Waals surface area contributed by atoms with Gasteiger partial charge in [-0.3, -0.25) is 0 Å². The molecule has 78 valence electrons. The molecule has 0 radical (unpaired) electrons. The molecule has 0 aliphatic carbocycles. The molecule has 2 aliphatic heterocycles. The van der Waals surface area contributed by atoms with Crippen LogP contribution in [0.1, 0.15) is 24.8 Å². The highest BCUT2D eigenvalue weighted by Crippen LogP contribution is 2.35. The Bertz CT molecular complexity index is 377. The van der Waals surface area contributed by atoms with Gasteiger partial charge in [-0.25, -0.2) is 0 Å². The van der Waals surface area contributed by atoms with Crippen molar-refractivity contribution >= 4 is 5.69 Å². The zero-order chi connectivity index (χ0) is 10.3. The third-order valence-corrected chi connectivity index (χ3v) is 3.64. The van der Waals surface area contributed by atoms with Gasteiger partial charge in [0, 0.05) is 17.8 Å². The van der Waals surface area contributed by atoms with Gasteiger partial charge in [-0.05, 0) is 38.3 Å². The molecular weight excluding hydrogens is 182 g/mol. The van der Waals surface area contributed by atoms with E-state index >= 15 is 0 Å². The maximum atomic E-state index is 2.60. The topological polar surface area (TPSA) is 3.24 Å². The minimum atomic E-state index is 0.659. The van der Waals surface area contributed by atoms with E-state index in [-0.39, 0.29) is 0 Å². The van der Waals surface area contributed by atoms with Crippen LogP contribution in [0.2, 0.25) is 0 Å². The quantitative estimate of drug-likeness (QED) is 0.627. The third kappa shape index (κ3) is 1.46. The molecule has 1 aromatic rings. The van der Waals surface area contributed by atoms with Gasteiger partial charge in [0.1, 0.15) is 0 Å². The first-order chi connectivity index (χ1) is 7.34. The summed E-state index contributed by atoms with van der Waals surface area (Å²) in [6.07, 6.45) is 8.64. The minimum absolute atomic E-state index is 0.659. The van der Waals surface area contributed by atoms with Gasteiger partial charge in [-0.2, -0.15) is 0 Å². The number of nitrogens with zero attached hydrogens (tertiary/aromatic N) is 1. The molecule has 2 bridgehead atoms. The lowest BCUT2D eigenvalue weighted by molar-refractivity contribution is 0.648. The molecule has 1 heteroatoms. The molecule has 0 N–H and O–H groups in total. The second kappa shape index (κ2) is 3.41. The van der Waals surface area contributed by atoms with Crippen LogP contribution in [0, 0.1) is 6.92 Å². The Hall–Kier alpha value is -1.24. The zero-order valence-corrected chi connectivity index (χ0v) is 9.19. The third-order valence-electron chi connectivity index (χ3n) is 3.64. The molecule has 1 aromatic carbocycles. The number of fused-ring (bicyclic) bond motifs is 2. The Morgan fingerprint density at radius 3 is 2.67 bits per heavy atom. The van der Waals surface area contributed by atoms with Gasteiger partial charge in [0.15, 0.2) is 0 Å². The second-order valence-electron chi connectivity index (χ2n) is 4.71. The van der Waals surface area contributed by atoms with Crippen molar-refractivity contribution in [2.24, 2.45) is 0 Å². The molecule has 2 atom stereocenters. The first-order valence-corrected chi connectivity index (χ1v) is 5.86. The average molecular weight is 199 g/mol. The van der Waals surface area contributed by atoms with Crippen molar-refractivity contribution in [1.82, 2.24) is 0 Å². The lowest BCUT2D eigenvalue weighted by atomic mass is 10.1. The molecule has 2 unspecified atom stereocenters. The number of aryl methyl sites for hydroxylation is 1. The van der Waals surface area contributed by atoms with Gasteiger partial charge < -0.3 is 4.90 Å². The van der Waals surface area contributed by atoms with Crippen LogP contribution < -0.4 is 4.90 Å². The Morgan fingerprint density at radius 2 is 1.93 bits per heavy atom. The molecule has 2 aliphatic rings. The fraction of sp³-hybridized carbons (Fsp3) is 0.429. The van der Waals surface area contributed by atoms with Gasteiger partial charge in [0.05, 0.1) is 0 Å². The summed E-state index contributed by atoms with van der Waals surface area (Å²) >= 11 is 0. The molecule has 0 saturated carbocycles. The van der Waals surface area contributed by atoms with Gasteiger partial charge in [0.2, 0.25) is 0 Å². The molecular formula is C14H17N. The van der Waals surface area contributed by atoms with Crippen LogP contribution in [-0.2, 0) is 0 Å². The van der Waals surface area contributed by atoms with Gasteiger partial charge in [-0.1, -0.05) is 29.8 Å². The van der Waals surface area contributed by atoms with E-state index in [0.29, 0.717) is 6.04 Å². The van der Waals surface area contributed by atoms with Crippen LogP contribution in [0.25, 0.3) is 0 Å². The number of anilines is 1. The van der Waals surface area contributed by atoms with Crippen LogP contribution in [0.4, 0.5) is 5.69 Å². The van der Waals surface area contributed by atoms with E-state index in [9.17, 15) is 0 Å². The normalized spacial score (nSPS) is 28.5. The van der Waals surface area contributed by atoms with Crippen molar-refractivity contribution in [2.45, 2.75) is 38.3 Å². The molecule has 1 nitrogen and oxygen atoms in total. The summed E-state index contributed by atoms with van der Waals surface area (Å²) in [5.41, 5.74) is 2.75. The van der Waals surface area contributed by atoms with E-state index in [1.807, 2.05) is 0 Å². The molecule has 3 rings (SSSR count). The fourth-order valence-corrected chi connectivity index (χ4v) is 2.84. The van der Waals surface area contributed by atoms with E-state index in [1.165, 1.54) is 30.5 Å². The summed E-state index contributed by atoms with van der Waals surface area (Å²) in [4.78, 5) is 2.60. The monoisotopic (exact) mass is 199 g/mol. The minimum Gasteiger partial charge on any atom is -0.362 e. The summed E-state index contributed by atoms with van der Waals surface area (Å²) in [5.74, 6) is 0. The van der Waals surface area contributed by atoms with Crippen molar-refractivity contribution in [3.63, 3.8) is 0 Å². The van der Waals surface area contributed by atoms with Crippen LogP contribution in [0.15, 0.2) is 36.4 Å². The highest BCUT2D eigenvalue weighted by atomic mass is 15.2. The summed E-state index contributed by atoms with van der Waals surface area (Å²) in [5, 5.41) is 0.